The molecule has 0 radical (unpaired) electrons. The molecule has 10 rings (SSSR count). The van der Waals surface area contributed by atoms with Crippen molar-refractivity contribution in [2.75, 3.05) is 4.90 Å². The molecule has 0 saturated heterocycles. The van der Waals surface area contributed by atoms with E-state index in [4.69, 9.17) is 0 Å². The van der Waals surface area contributed by atoms with E-state index in [-0.39, 0.29) is 0 Å². The van der Waals surface area contributed by atoms with E-state index < -0.39 is 0 Å². The van der Waals surface area contributed by atoms with Crippen LogP contribution in [-0.4, -0.2) is 4.57 Å². The second-order valence-corrected chi connectivity index (χ2v) is 14.1. The number of para-hydroxylation sites is 2. The van der Waals surface area contributed by atoms with Gasteiger partial charge < -0.3 is 9.47 Å². The first-order valence-electron chi connectivity index (χ1n) is 19.2. The van der Waals surface area contributed by atoms with Crippen molar-refractivity contribution in [3.63, 3.8) is 0 Å². The predicted molar refractivity (Wildman–Crippen MR) is 237 cm³/mol. The zero-order chi connectivity index (χ0) is 37.3. The van der Waals surface area contributed by atoms with Crippen molar-refractivity contribution in [2.45, 2.75) is 0 Å². The van der Waals surface area contributed by atoms with Crippen LogP contribution in [0.5, 0.6) is 0 Å². The molecular weight excluding hydrogens is 677 g/mol. The van der Waals surface area contributed by atoms with Gasteiger partial charge in [-0.3, -0.25) is 0 Å². The van der Waals surface area contributed by atoms with Crippen LogP contribution in [0.15, 0.2) is 231 Å². The summed E-state index contributed by atoms with van der Waals surface area (Å²) in [7, 11) is 0. The number of nitrogens with zero attached hydrogens (tertiary/aromatic N) is 2. The smallest absolute Gasteiger partial charge is 0.0562 e. The average molecular weight is 715 g/mol. The largest absolute Gasteiger partial charge is 0.310 e. The number of aromatic nitrogens is 1. The van der Waals surface area contributed by atoms with Gasteiger partial charge in [0, 0.05) is 27.8 Å². The maximum atomic E-state index is 2.43. The number of fused-ring (bicyclic) bond motifs is 3. The third-order valence-electron chi connectivity index (χ3n) is 10.8. The fraction of sp³-hybridized carbons (Fsp3) is 0. The Morgan fingerprint density at radius 1 is 0.304 bits per heavy atom. The van der Waals surface area contributed by atoms with Crippen LogP contribution < -0.4 is 4.90 Å². The molecule has 2 heteroatoms. The van der Waals surface area contributed by atoms with Gasteiger partial charge in [0.2, 0.25) is 0 Å². The molecule has 0 amide bonds. The molecule has 0 bridgehead atoms. The van der Waals surface area contributed by atoms with Gasteiger partial charge in [0.05, 0.1) is 16.7 Å². The number of anilines is 3. The summed E-state index contributed by atoms with van der Waals surface area (Å²) in [6.45, 7) is 0. The van der Waals surface area contributed by atoms with Crippen molar-refractivity contribution in [3.8, 4) is 50.2 Å². The minimum atomic E-state index is 1.10. The van der Waals surface area contributed by atoms with Gasteiger partial charge >= 0.3 is 0 Å². The van der Waals surface area contributed by atoms with Gasteiger partial charge in [-0.05, 0) is 99.1 Å². The van der Waals surface area contributed by atoms with E-state index in [1.165, 1.54) is 60.8 Å². The number of rotatable bonds is 8. The van der Waals surface area contributed by atoms with E-state index in [0.29, 0.717) is 0 Å². The Morgan fingerprint density at radius 2 is 0.750 bits per heavy atom. The second kappa shape index (κ2) is 14.4. The van der Waals surface area contributed by atoms with Gasteiger partial charge in [-0.15, -0.1) is 0 Å². The van der Waals surface area contributed by atoms with E-state index in [2.05, 4.69) is 240 Å². The molecule has 0 aliphatic heterocycles. The summed E-state index contributed by atoms with van der Waals surface area (Å²) in [5, 5.41) is 2.41. The summed E-state index contributed by atoms with van der Waals surface area (Å²) in [4.78, 5) is 2.42. The fourth-order valence-electron chi connectivity index (χ4n) is 8.30. The second-order valence-electron chi connectivity index (χ2n) is 14.1. The van der Waals surface area contributed by atoms with Crippen molar-refractivity contribution >= 4 is 38.9 Å². The topological polar surface area (TPSA) is 8.17 Å². The molecule has 0 N–H and O–H groups in total. The van der Waals surface area contributed by atoms with Crippen LogP contribution in [0.25, 0.3) is 72.0 Å². The summed E-state index contributed by atoms with van der Waals surface area (Å²) in [6.07, 6.45) is 0. The molecule has 2 nitrogen and oxygen atoms in total. The highest BCUT2D eigenvalue weighted by Gasteiger charge is 2.22. The van der Waals surface area contributed by atoms with Crippen LogP contribution in [0.3, 0.4) is 0 Å². The highest BCUT2D eigenvalue weighted by atomic mass is 15.1. The van der Waals surface area contributed by atoms with Crippen molar-refractivity contribution in [3.05, 3.63) is 231 Å². The van der Waals surface area contributed by atoms with Gasteiger partial charge in [0.1, 0.15) is 0 Å². The van der Waals surface area contributed by atoms with Crippen molar-refractivity contribution in [1.82, 2.24) is 4.57 Å². The molecule has 10 aromatic rings. The first-order valence-corrected chi connectivity index (χ1v) is 19.2. The lowest BCUT2D eigenvalue weighted by molar-refractivity contribution is 1.18. The molecule has 264 valence electrons. The maximum Gasteiger partial charge on any atom is 0.0562 e. The van der Waals surface area contributed by atoms with Crippen LogP contribution >= 0.6 is 0 Å². The fourth-order valence-corrected chi connectivity index (χ4v) is 8.30. The van der Waals surface area contributed by atoms with Crippen molar-refractivity contribution < 1.29 is 0 Å². The molecule has 0 spiro atoms. The summed E-state index contributed by atoms with van der Waals surface area (Å²) in [6, 6.07) is 83.0. The Kier molecular flexibility index (Phi) is 8.55. The third-order valence-corrected chi connectivity index (χ3v) is 10.8. The Labute approximate surface area is 327 Å². The van der Waals surface area contributed by atoms with Crippen LogP contribution in [-0.2, 0) is 0 Å². The van der Waals surface area contributed by atoms with E-state index in [1.807, 2.05) is 0 Å². The quantitative estimate of drug-likeness (QED) is 0.152. The van der Waals surface area contributed by atoms with Crippen molar-refractivity contribution in [2.24, 2.45) is 0 Å². The minimum Gasteiger partial charge on any atom is -0.310 e. The Bertz CT molecular complexity index is 2960. The first kappa shape index (κ1) is 33.2. The first-order chi connectivity index (χ1) is 27.8. The average Bonchev–Trinajstić information content (AvgIpc) is 3.63. The van der Waals surface area contributed by atoms with Gasteiger partial charge in [-0.25, -0.2) is 0 Å². The Hall–Kier alpha value is -7.42. The monoisotopic (exact) mass is 714 g/mol. The van der Waals surface area contributed by atoms with Gasteiger partial charge in [0.15, 0.2) is 0 Å². The lowest BCUT2D eigenvalue weighted by Gasteiger charge is -2.27. The van der Waals surface area contributed by atoms with Gasteiger partial charge in [-0.2, -0.15) is 0 Å². The van der Waals surface area contributed by atoms with Crippen LogP contribution in [0.4, 0.5) is 17.1 Å². The zero-order valence-electron chi connectivity index (χ0n) is 30.8. The molecule has 1 heterocycles. The molecule has 9 aromatic carbocycles. The molecule has 0 aliphatic rings. The number of benzene rings is 9. The number of hydrogen-bond donors (Lipinski definition) is 0. The van der Waals surface area contributed by atoms with Crippen LogP contribution in [0.2, 0.25) is 0 Å². The zero-order valence-corrected chi connectivity index (χ0v) is 30.8. The molecular formula is C54H38N2. The molecule has 0 unspecified atom stereocenters. The highest BCUT2D eigenvalue weighted by Crippen LogP contribution is 2.45. The van der Waals surface area contributed by atoms with Crippen LogP contribution in [0, 0.1) is 0 Å². The van der Waals surface area contributed by atoms with Gasteiger partial charge in [0.25, 0.3) is 0 Å². The highest BCUT2D eigenvalue weighted by molar-refractivity contribution is 6.16. The van der Waals surface area contributed by atoms with E-state index in [0.717, 1.165) is 28.3 Å². The van der Waals surface area contributed by atoms with E-state index >= 15 is 0 Å². The minimum absolute atomic E-state index is 1.10. The summed E-state index contributed by atoms with van der Waals surface area (Å²) in [5.74, 6) is 0. The lowest BCUT2D eigenvalue weighted by atomic mass is 9.94. The third kappa shape index (κ3) is 5.95. The Morgan fingerprint density at radius 3 is 1.39 bits per heavy atom. The molecule has 0 fully saturated rings. The van der Waals surface area contributed by atoms with Crippen molar-refractivity contribution in [1.29, 1.82) is 0 Å². The summed E-state index contributed by atoms with van der Waals surface area (Å²) in [5.41, 5.74) is 16.4. The summed E-state index contributed by atoms with van der Waals surface area (Å²) >= 11 is 0. The molecule has 1 aromatic heterocycles. The molecule has 56 heavy (non-hydrogen) atoms. The lowest BCUT2D eigenvalue weighted by Crippen LogP contribution is -2.10. The normalized spacial score (nSPS) is 11.2. The SMILES string of the molecule is c1ccc(-c2ccccc2-c2cccc(N(c3ccccc3)c3cccc4c3c3ccccc3n4-c3cccc(-c4ccccc4-c4ccccc4)c3)c2)cc1. The molecule has 0 atom stereocenters. The Balaban J connectivity index is 1.16. The standard InChI is InChI=1S/C54H38N2/c1-4-19-39(20-5-1)46-29-10-12-31-48(46)41-23-16-27-44(37-41)55(43-25-8-3-9-26-43)52-35-18-36-53-54(52)50-33-14-15-34-51(50)56(53)45-28-17-24-42(38-45)49-32-13-11-30-47(49)40-21-6-2-7-22-40/h1-38H. The maximum absolute atomic E-state index is 2.43. The van der Waals surface area contributed by atoms with Gasteiger partial charge in [-0.1, -0.05) is 176 Å². The van der Waals surface area contributed by atoms with E-state index in [9.17, 15) is 0 Å². The summed E-state index contributed by atoms with van der Waals surface area (Å²) < 4.78 is 2.43. The van der Waals surface area contributed by atoms with E-state index in [1.54, 1.807) is 0 Å². The molecule has 0 saturated carbocycles. The molecule has 0 aliphatic carbocycles. The predicted octanol–water partition coefficient (Wildman–Crippen LogP) is 14.9. The number of hydrogen-bond acceptors (Lipinski definition) is 1. The van der Waals surface area contributed by atoms with Crippen LogP contribution in [0.1, 0.15) is 0 Å².